The van der Waals surface area contributed by atoms with Gasteiger partial charge in [-0.15, -0.1) is 0 Å². The molecule has 1 aliphatic heterocycles. The number of allylic oxidation sites excluding steroid dienone is 2. The molecule has 0 amide bonds. The number of aliphatic carboxylic acids is 1. The van der Waals surface area contributed by atoms with Gasteiger partial charge in [0, 0.05) is 0 Å². The highest BCUT2D eigenvalue weighted by molar-refractivity contribution is 5.75. The van der Waals surface area contributed by atoms with Crippen molar-refractivity contribution in [2.75, 3.05) is 0 Å². The van der Waals surface area contributed by atoms with Crippen LogP contribution in [0.3, 0.4) is 0 Å². The Morgan fingerprint density at radius 1 is 0.952 bits per heavy atom. The Morgan fingerprint density at radius 2 is 1.52 bits per heavy atom. The number of unbranched alkanes of at least 4 members (excludes halogenated alkanes) is 9. The summed E-state index contributed by atoms with van der Waals surface area (Å²) in [5, 5.41) is 8.69. The summed E-state index contributed by atoms with van der Waals surface area (Å²) in [6.07, 6.45) is 19.0. The standard InChI is InChI=1S/C18H32O3/c1-2-3-4-5-6-7-8-9-10-11-12-13-14-15-16-17(21-16)18(19)20/h9-10,16-17H,2-8,11-15H2,1H3,(H,19,20)/b10-9-. The van der Waals surface area contributed by atoms with Crippen LogP contribution in [0.4, 0.5) is 0 Å². The molecule has 0 bridgehead atoms. The molecule has 1 aliphatic rings. The van der Waals surface area contributed by atoms with E-state index in [0.717, 1.165) is 19.3 Å². The molecular weight excluding hydrogens is 264 g/mol. The Kier molecular flexibility index (Phi) is 10.2. The maximum absolute atomic E-state index is 10.6. The second kappa shape index (κ2) is 11.8. The van der Waals surface area contributed by atoms with Gasteiger partial charge in [-0.1, -0.05) is 64.0 Å². The third-order valence-electron chi connectivity index (χ3n) is 4.08. The van der Waals surface area contributed by atoms with Gasteiger partial charge >= 0.3 is 5.97 Å². The van der Waals surface area contributed by atoms with E-state index in [1.807, 2.05) is 0 Å². The fraction of sp³-hybridized carbons (Fsp3) is 0.833. The summed E-state index contributed by atoms with van der Waals surface area (Å²) in [6, 6.07) is 0. The number of carboxylic acids is 1. The zero-order valence-electron chi connectivity index (χ0n) is 13.6. The quantitative estimate of drug-likeness (QED) is 0.276. The van der Waals surface area contributed by atoms with Gasteiger partial charge in [0.25, 0.3) is 0 Å². The van der Waals surface area contributed by atoms with Gasteiger partial charge in [0.05, 0.1) is 6.10 Å². The number of ether oxygens (including phenoxy) is 1. The summed E-state index contributed by atoms with van der Waals surface area (Å²) >= 11 is 0. The molecule has 21 heavy (non-hydrogen) atoms. The number of rotatable bonds is 14. The molecule has 3 nitrogen and oxygen atoms in total. The molecule has 0 aromatic carbocycles. The smallest absolute Gasteiger partial charge is 0.335 e. The van der Waals surface area contributed by atoms with Crippen molar-refractivity contribution in [3.63, 3.8) is 0 Å². The molecule has 3 heteroatoms. The van der Waals surface area contributed by atoms with Crippen molar-refractivity contribution in [3.05, 3.63) is 12.2 Å². The van der Waals surface area contributed by atoms with Crippen molar-refractivity contribution >= 4 is 5.97 Å². The number of carbonyl (C=O) groups is 1. The molecule has 2 atom stereocenters. The van der Waals surface area contributed by atoms with Crippen LogP contribution in [0.5, 0.6) is 0 Å². The van der Waals surface area contributed by atoms with E-state index >= 15 is 0 Å². The van der Waals surface area contributed by atoms with E-state index in [1.165, 1.54) is 57.8 Å². The average molecular weight is 296 g/mol. The van der Waals surface area contributed by atoms with Gasteiger partial charge in [-0.05, 0) is 32.1 Å². The van der Waals surface area contributed by atoms with Crippen molar-refractivity contribution in [1.29, 1.82) is 0 Å². The first-order valence-corrected chi connectivity index (χ1v) is 8.79. The van der Waals surface area contributed by atoms with E-state index in [4.69, 9.17) is 9.84 Å². The molecule has 0 aromatic heterocycles. The Bertz CT molecular complexity index is 299. The first-order valence-electron chi connectivity index (χ1n) is 8.79. The first-order chi connectivity index (χ1) is 10.3. The maximum Gasteiger partial charge on any atom is 0.335 e. The van der Waals surface area contributed by atoms with Crippen molar-refractivity contribution in [1.82, 2.24) is 0 Å². The lowest BCUT2D eigenvalue weighted by molar-refractivity contribution is -0.138. The van der Waals surface area contributed by atoms with E-state index in [-0.39, 0.29) is 6.10 Å². The zero-order chi connectivity index (χ0) is 15.3. The van der Waals surface area contributed by atoms with Crippen LogP contribution in [0.25, 0.3) is 0 Å². The third-order valence-corrected chi connectivity index (χ3v) is 4.08. The summed E-state index contributed by atoms with van der Waals surface area (Å²) in [4.78, 5) is 10.6. The summed E-state index contributed by atoms with van der Waals surface area (Å²) in [5.74, 6) is -0.808. The molecule has 0 spiro atoms. The summed E-state index contributed by atoms with van der Waals surface area (Å²) in [6.45, 7) is 2.25. The normalized spacial score (nSPS) is 21.0. The highest BCUT2D eigenvalue weighted by atomic mass is 16.6. The average Bonchev–Trinajstić information content (AvgIpc) is 3.24. The summed E-state index contributed by atoms with van der Waals surface area (Å²) in [5.41, 5.74) is 0. The largest absolute Gasteiger partial charge is 0.479 e. The SMILES string of the molecule is CCCCCCCC/C=C\CCCCCC1OC1C(=O)O. The minimum atomic E-state index is -0.808. The highest BCUT2D eigenvalue weighted by Gasteiger charge is 2.44. The Morgan fingerprint density at radius 3 is 2.10 bits per heavy atom. The van der Waals surface area contributed by atoms with Crippen LogP contribution in [0.1, 0.15) is 84.0 Å². The molecule has 122 valence electrons. The predicted molar refractivity (Wildman–Crippen MR) is 86.5 cm³/mol. The van der Waals surface area contributed by atoms with Crippen molar-refractivity contribution in [3.8, 4) is 0 Å². The van der Waals surface area contributed by atoms with Crippen LogP contribution in [0.2, 0.25) is 0 Å². The molecule has 0 saturated carbocycles. The second-order valence-electron chi connectivity index (χ2n) is 6.10. The molecule has 0 aliphatic carbocycles. The van der Waals surface area contributed by atoms with E-state index in [0.29, 0.717) is 0 Å². The van der Waals surface area contributed by atoms with Crippen molar-refractivity contribution in [2.45, 2.75) is 96.2 Å². The molecule has 1 saturated heterocycles. The Balaban J connectivity index is 1.76. The van der Waals surface area contributed by atoms with Gasteiger partial charge in [0.1, 0.15) is 0 Å². The van der Waals surface area contributed by atoms with Gasteiger partial charge < -0.3 is 9.84 Å². The predicted octanol–water partition coefficient (Wildman–Crippen LogP) is 5.10. The van der Waals surface area contributed by atoms with Crippen LogP contribution < -0.4 is 0 Å². The second-order valence-corrected chi connectivity index (χ2v) is 6.10. The van der Waals surface area contributed by atoms with Crippen LogP contribution in [-0.4, -0.2) is 23.3 Å². The molecule has 0 radical (unpaired) electrons. The Hall–Kier alpha value is -0.830. The fourth-order valence-corrected chi connectivity index (χ4v) is 2.64. The summed E-state index contributed by atoms with van der Waals surface area (Å²) in [7, 11) is 0. The first kappa shape index (κ1) is 18.2. The number of carboxylic acid groups (broad SMARTS) is 1. The molecule has 1 heterocycles. The van der Waals surface area contributed by atoms with E-state index in [2.05, 4.69) is 19.1 Å². The van der Waals surface area contributed by atoms with Crippen LogP contribution >= 0.6 is 0 Å². The number of epoxide rings is 1. The van der Waals surface area contributed by atoms with Gasteiger partial charge in [-0.25, -0.2) is 4.79 Å². The Labute approximate surface area is 129 Å². The number of hydrogen-bond acceptors (Lipinski definition) is 2. The lowest BCUT2D eigenvalue weighted by Crippen LogP contribution is -2.07. The maximum atomic E-state index is 10.6. The fourth-order valence-electron chi connectivity index (χ4n) is 2.64. The third kappa shape index (κ3) is 9.67. The highest BCUT2D eigenvalue weighted by Crippen LogP contribution is 2.27. The summed E-state index contributed by atoms with van der Waals surface area (Å²) < 4.78 is 5.07. The van der Waals surface area contributed by atoms with Crippen LogP contribution in [0.15, 0.2) is 12.2 Å². The van der Waals surface area contributed by atoms with E-state index in [9.17, 15) is 4.79 Å². The lowest BCUT2D eigenvalue weighted by atomic mass is 10.1. The van der Waals surface area contributed by atoms with E-state index in [1.54, 1.807) is 0 Å². The monoisotopic (exact) mass is 296 g/mol. The lowest BCUT2D eigenvalue weighted by Gasteiger charge is -1.98. The van der Waals surface area contributed by atoms with Gasteiger partial charge in [-0.3, -0.25) is 0 Å². The number of hydrogen-bond donors (Lipinski definition) is 1. The molecular formula is C18H32O3. The van der Waals surface area contributed by atoms with Gasteiger partial charge in [-0.2, -0.15) is 0 Å². The minimum Gasteiger partial charge on any atom is -0.479 e. The molecule has 1 N–H and O–H groups in total. The van der Waals surface area contributed by atoms with Crippen LogP contribution in [-0.2, 0) is 9.53 Å². The molecule has 0 aromatic rings. The zero-order valence-corrected chi connectivity index (χ0v) is 13.6. The molecule has 1 rings (SSSR count). The van der Waals surface area contributed by atoms with Crippen molar-refractivity contribution < 1.29 is 14.6 Å². The molecule has 2 unspecified atom stereocenters. The van der Waals surface area contributed by atoms with Crippen molar-refractivity contribution in [2.24, 2.45) is 0 Å². The van der Waals surface area contributed by atoms with E-state index < -0.39 is 12.1 Å². The minimum absolute atomic E-state index is 0.00856. The molecule has 1 fully saturated rings. The van der Waals surface area contributed by atoms with Crippen LogP contribution in [0, 0.1) is 0 Å². The van der Waals surface area contributed by atoms with Gasteiger partial charge in [0.15, 0.2) is 6.10 Å². The van der Waals surface area contributed by atoms with Gasteiger partial charge in [0.2, 0.25) is 0 Å². The topological polar surface area (TPSA) is 49.8 Å².